The molecule has 2 aromatic carbocycles. The van der Waals surface area contributed by atoms with Crippen LogP contribution in [-0.4, -0.2) is 73.4 Å². The molecule has 6 N–H and O–H groups in total. The molecule has 0 aliphatic rings. The molecular weight excluding hydrogens is 564 g/mol. The molecule has 2 rings (SSSR count). The second-order valence-corrected chi connectivity index (χ2v) is 12.7. The van der Waals surface area contributed by atoms with Crippen LogP contribution in [-0.2, 0) is 20.0 Å². The summed E-state index contributed by atoms with van der Waals surface area (Å²) in [5, 5.41) is 30.1. The van der Waals surface area contributed by atoms with Crippen molar-refractivity contribution in [2.45, 2.75) is 30.9 Å². The molecule has 0 spiro atoms. The Morgan fingerprint density at radius 3 is 1.32 bits per heavy atom. The Labute approximate surface area is 191 Å². The standard InChI is InChI=1S/C18H24N2O8S2Te/c19-29(23,24)17-5-1-15(2-6-17)27-9-13(21)11-31-12-14(22)10-28-16-3-7-18(8-4-16)30(20,25)26/h1-8,13-14,21-22H,9-12H2,(H2,19,23,24)(H2,20,25,26). The van der Waals surface area contributed by atoms with Gasteiger partial charge in [0.05, 0.1) is 0 Å². The van der Waals surface area contributed by atoms with Gasteiger partial charge in [0, 0.05) is 0 Å². The SMILES string of the molecule is NS(=O)(=O)c1ccc(OCC(O)C[Te]CC(O)COc2ccc(S(N)(=O)=O)cc2)cc1. The molecule has 0 bridgehead atoms. The van der Waals surface area contributed by atoms with E-state index in [1.54, 1.807) is 0 Å². The molecule has 0 amide bonds. The number of sulfonamides is 2. The number of ether oxygens (including phenoxy) is 2. The number of primary sulfonamides is 2. The van der Waals surface area contributed by atoms with Crippen molar-refractivity contribution in [2.75, 3.05) is 13.2 Å². The quantitative estimate of drug-likeness (QED) is 0.244. The minimum atomic E-state index is -3.76. The Bertz CT molecular complexity index is 959. The summed E-state index contributed by atoms with van der Waals surface area (Å²) in [6.45, 7) is 0.0882. The summed E-state index contributed by atoms with van der Waals surface area (Å²) < 4.78 is 56.7. The van der Waals surface area contributed by atoms with E-state index in [-0.39, 0.29) is 23.0 Å². The molecule has 0 radical (unpaired) electrons. The molecule has 2 aromatic rings. The van der Waals surface area contributed by atoms with Crippen molar-refractivity contribution in [1.82, 2.24) is 0 Å². The van der Waals surface area contributed by atoms with Gasteiger partial charge in [0.1, 0.15) is 0 Å². The maximum absolute atomic E-state index is 11.2. The van der Waals surface area contributed by atoms with Crippen LogP contribution in [0.4, 0.5) is 0 Å². The van der Waals surface area contributed by atoms with Gasteiger partial charge in [-0.05, 0) is 0 Å². The zero-order valence-corrected chi connectivity index (χ0v) is 20.3. The predicted octanol–water partition coefficient (Wildman–Crippen LogP) is -0.298. The average Bonchev–Trinajstić information content (AvgIpc) is 2.70. The minimum absolute atomic E-state index is 0.0242. The average molecular weight is 588 g/mol. The second kappa shape index (κ2) is 11.4. The van der Waals surface area contributed by atoms with Crippen LogP contribution in [0.5, 0.6) is 11.5 Å². The summed E-state index contributed by atoms with van der Waals surface area (Å²) in [6.07, 6.45) is -1.42. The summed E-state index contributed by atoms with van der Waals surface area (Å²) in [7, 11) is -7.53. The van der Waals surface area contributed by atoms with E-state index in [4.69, 9.17) is 19.8 Å². The van der Waals surface area contributed by atoms with Crippen LogP contribution in [0.3, 0.4) is 0 Å². The van der Waals surface area contributed by atoms with Gasteiger partial charge < -0.3 is 0 Å². The monoisotopic (exact) mass is 590 g/mol. The van der Waals surface area contributed by atoms with Gasteiger partial charge in [0.15, 0.2) is 0 Å². The Balaban J connectivity index is 1.65. The van der Waals surface area contributed by atoms with E-state index in [1.165, 1.54) is 48.5 Å². The number of hydrogen-bond donors (Lipinski definition) is 4. The van der Waals surface area contributed by atoms with Gasteiger partial charge in [-0.2, -0.15) is 0 Å². The van der Waals surface area contributed by atoms with Crippen LogP contribution in [0.1, 0.15) is 0 Å². The number of aliphatic hydroxyl groups excluding tert-OH is 2. The van der Waals surface area contributed by atoms with Crippen molar-refractivity contribution >= 4 is 41.0 Å². The first kappa shape index (κ1) is 25.8. The molecule has 13 heteroatoms. The second-order valence-electron chi connectivity index (χ2n) is 6.50. The van der Waals surface area contributed by atoms with Crippen molar-refractivity contribution in [2.24, 2.45) is 10.3 Å². The van der Waals surface area contributed by atoms with Crippen molar-refractivity contribution in [3.8, 4) is 11.5 Å². The third-order valence-corrected chi connectivity index (χ3v) is 9.21. The summed E-state index contributed by atoms with van der Waals surface area (Å²) in [6, 6.07) is 11.1. The summed E-state index contributed by atoms with van der Waals surface area (Å²) in [5.74, 6) is 0.822. The molecule has 31 heavy (non-hydrogen) atoms. The number of rotatable bonds is 12. The van der Waals surface area contributed by atoms with Gasteiger partial charge in [-0.1, -0.05) is 0 Å². The molecule has 0 aromatic heterocycles. The van der Waals surface area contributed by atoms with Crippen LogP contribution in [0, 0.1) is 0 Å². The van der Waals surface area contributed by atoms with E-state index in [2.05, 4.69) is 0 Å². The molecule has 0 saturated heterocycles. The van der Waals surface area contributed by atoms with Crippen molar-refractivity contribution in [1.29, 1.82) is 0 Å². The third kappa shape index (κ3) is 9.30. The van der Waals surface area contributed by atoms with Gasteiger partial charge >= 0.3 is 192 Å². The number of aliphatic hydroxyl groups is 2. The molecule has 172 valence electrons. The van der Waals surface area contributed by atoms with Crippen LogP contribution in [0.2, 0.25) is 8.94 Å². The third-order valence-electron chi connectivity index (χ3n) is 3.81. The van der Waals surface area contributed by atoms with Gasteiger partial charge in [-0.25, -0.2) is 0 Å². The first-order chi connectivity index (χ1) is 14.4. The van der Waals surface area contributed by atoms with E-state index in [9.17, 15) is 27.0 Å². The summed E-state index contributed by atoms with van der Waals surface area (Å²) in [4.78, 5) is -0.0483. The molecule has 2 atom stereocenters. The molecule has 2 unspecified atom stereocenters. The van der Waals surface area contributed by atoms with Crippen LogP contribution >= 0.6 is 0 Å². The normalized spacial score (nSPS) is 14.1. The first-order valence-corrected chi connectivity index (χ1v) is 15.3. The van der Waals surface area contributed by atoms with E-state index < -0.39 is 53.2 Å². The van der Waals surface area contributed by atoms with Gasteiger partial charge in [-0.3, -0.25) is 0 Å². The van der Waals surface area contributed by atoms with Gasteiger partial charge in [0.2, 0.25) is 0 Å². The molecule has 0 aliphatic heterocycles. The maximum atomic E-state index is 11.2. The predicted molar refractivity (Wildman–Crippen MR) is 114 cm³/mol. The van der Waals surface area contributed by atoms with E-state index in [0.29, 0.717) is 20.4 Å². The topological polar surface area (TPSA) is 179 Å². The zero-order chi connectivity index (χ0) is 23.1. The number of hydrogen-bond acceptors (Lipinski definition) is 8. The van der Waals surface area contributed by atoms with E-state index in [0.717, 1.165) is 0 Å². The molecule has 0 heterocycles. The Morgan fingerprint density at radius 2 is 1.03 bits per heavy atom. The Morgan fingerprint density at radius 1 is 0.710 bits per heavy atom. The van der Waals surface area contributed by atoms with Gasteiger partial charge in [0.25, 0.3) is 0 Å². The fraction of sp³-hybridized carbons (Fsp3) is 0.333. The summed E-state index contributed by atoms with van der Waals surface area (Å²) in [5.41, 5.74) is 0. The fourth-order valence-corrected chi connectivity index (χ4v) is 5.79. The van der Waals surface area contributed by atoms with Crippen molar-refractivity contribution in [3.63, 3.8) is 0 Å². The Kier molecular flexibility index (Phi) is 9.53. The van der Waals surface area contributed by atoms with Crippen LogP contribution < -0.4 is 19.8 Å². The Hall–Kier alpha value is -1.43. The number of benzene rings is 2. The molecule has 0 aliphatic carbocycles. The summed E-state index contributed by atoms with van der Waals surface area (Å²) >= 11 is -0.702. The molecule has 10 nitrogen and oxygen atoms in total. The van der Waals surface area contributed by atoms with Crippen LogP contribution in [0.25, 0.3) is 0 Å². The van der Waals surface area contributed by atoms with E-state index in [1.807, 2.05) is 0 Å². The number of nitrogens with two attached hydrogens (primary N) is 2. The van der Waals surface area contributed by atoms with E-state index >= 15 is 0 Å². The molecule has 0 saturated carbocycles. The first-order valence-electron chi connectivity index (χ1n) is 8.90. The molecular formula is C18H24N2O8S2Te. The van der Waals surface area contributed by atoms with Crippen molar-refractivity contribution in [3.05, 3.63) is 48.5 Å². The van der Waals surface area contributed by atoms with Gasteiger partial charge in [-0.15, -0.1) is 0 Å². The zero-order valence-electron chi connectivity index (χ0n) is 16.3. The van der Waals surface area contributed by atoms with Crippen molar-refractivity contribution < 1.29 is 36.5 Å². The fourth-order valence-electron chi connectivity index (χ4n) is 2.27. The van der Waals surface area contributed by atoms with Crippen LogP contribution in [0.15, 0.2) is 58.3 Å². The molecule has 0 fully saturated rings.